The molecular formula is C16H24. The predicted molar refractivity (Wildman–Crippen MR) is 73.1 cm³/mol. The highest BCUT2D eigenvalue weighted by atomic mass is 14.2. The SMILES string of the molecule is C=CC(C)c1cc(CC)ccc1C(C)(C)C. The Morgan fingerprint density at radius 2 is 1.94 bits per heavy atom. The summed E-state index contributed by atoms with van der Waals surface area (Å²) in [4.78, 5) is 0. The van der Waals surface area contributed by atoms with Crippen molar-refractivity contribution in [3.8, 4) is 0 Å². The zero-order valence-electron chi connectivity index (χ0n) is 11.3. The Balaban J connectivity index is 3.32. The molecule has 0 aliphatic heterocycles. The Morgan fingerprint density at radius 3 is 2.38 bits per heavy atom. The topological polar surface area (TPSA) is 0 Å². The van der Waals surface area contributed by atoms with Gasteiger partial charge in [0.05, 0.1) is 0 Å². The van der Waals surface area contributed by atoms with Crippen LogP contribution in [0.1, 0.15) is 57.2 Å². The Kier molecular flexibility index (Phi) is 3.96. The maximum atomic E-state index is 3.92. The van der Waals surface area contributed by atoms with E-state index in [1.54, 1.807) is 0 Å². The quantitative estimate of drug-likeness (QED) is 0.634. The summed E-state index contributed by atoms with van der Waals surface area (Å²) in [5.74, 6) is 0.431. The lowest BCUT2D eigenvalue weighted by Crippen LogP contribution is -2.15. The third-order valence-corrected chi connectivity index (χ3v) is 3.18. The van der Waals surface area contributed by atoms with E-state index >= 15 is 0 Å². The van der Waals surface area contributed by atoms with Crippen molar-refractivity contribution in [2.75, 3.05) is 0 Å². The van der Waals surface area contributed by atoms with Gasteiger partial charge in [-0.15, -0.1) is 6.58 Å². The lowest BCUT2D eigenvalue weighted by atomic mass is 9.79. The summed E-state index contributed by atoms with van der Waals surface area (Å²) >= 11 is 0. The summed E-state index contributed by atoms with van der Waals surface area (Å²) < 4.78 is 0. The van der Waals surface area contributed by atoms with E-state index in [2.05, 4.69) is 59.4 Å². The first-order chi connectivity index (χ1) is 7.40. The van der Waals surface area contributed by atoms with Crippen molar-refractivity contribution in [3.63, 3.8) is 0 Å². The van der Waals surface area contributed by atoms with E-state index < -0.39 is 0 Å². The maximum Gasteiger partial charge on any atom is -0.00101 e. The lowest BCUT2D eigenvalue weighted by molar-refractivity contribution is 0.580. The number of allylic oxidation sites excluding steroid dienone is 1. The molecule has 0 nitrogen and oxygen atoms in total. The van der Waals surface area contributed by atoms with Gasteiger partial charge in [0.15, 0.2) is 0 Å². The van der Waals surface area contributed by atoms with Crippen molar-refractivity contribution >= 4 is 0 Å². The van der Waals surface area contributed by atoms with E-state index in [1.165, 1.54) is 16.7 Å². The molecule has 1 aromatic rings. The van der Waals surface area contributed by atoms with Crippen LogP contribution in [0.2, 0.25) is 0 Å². The maximum absolute atomic E-state index is 3.92. The molecule has 1 rings (SSSR count). The molecule has 0 N–H and O–H groups in total. The standard InChI is InChI=1S/C16H24/c1-7-12(3)14-11-13(8-2)9-10-15(14)16(4,5)6/h7,9-12H,1,8H2,2-6H3. The third kappa shape index (κ3) is 2.75. The molecule has 88 valence electrons. The molecule has 1 unspecified atom stereocenters. The van der Waals surface area contributed by atoms with E-state index in [1.807, 2.05) is 6.08 Å². The summed E-state index contributed by atoms with van der Waals surface area (Å²) in [6.07, 6.45) is 3.13. The van der Waals surface area contributed by atoms with Crippen molar-refractivity contribution in [3.05, 3.63) is 47.5 Å². The summed E-state index contributed by atoms with van der Waals surface area (Å²) in [6.45, 7) is 15.2. The molecule has 0 aromatic heterocycles. The highest BCUT2D eigenvalue weighted by Gasteiger charge is 2.19. The van der Waals surface area contributed by atoms with Crippen LogP contribution in [0.15, 0.2) is 30.9 Å². The normalized spacial score (nSPS) is 13.6. The van der Waals surface area contributed by atoms with Crippen molar-refractivity contribution in [2.24, 2.45) is 0 Å². The van der Waals surface area contributed by atoms with Gasteiger partial charge < -0.3 is 0 Å². The van der Waals surface area contributed by atoms with E-state index in [4.69, 9.17) is 0 Å². The largest absolute Gasteiger partial charge is 0.102 e. The lowest BCUT2D eigenvalue weighted by Gasteiger charge is -2.25. The molecule has 0 amide bonds. The highest BCUT2D eigenvalue weighted by Crippen LogP contribution is 2.31. The fraction of sp³-hybridized carbons (Fsp3) is 0.500. The molecule has 0 saturated heterocycles. The molecule has 0 spiro atoms. The van der Waals surface area contributed by atoms with Crippen LogP contribution in [0.5, 0.6) is 0 Å². The molecule has 0 aliphatic carbocycles. The molecule has 1 aromatic carbocycles. The van der Waals surface area contributed by atoms with Crippen LogP contribution in [0, 0.1) is 0 Å². The molecular weight excluding hydrogens is 192 g/mol. The van der Waals surface area contributed by atoms with Crippen LogP contribution in [-0.2, 0) is 11.8 Å². The predicted octanol–water partition coefficient (Wildman–Crippen LogP) is 4.84. The molecule has 0 bridgehead atoms. The zero-order valence-corrected chi connectivity index (χ0v) is 11.3. The first-order valence-electron chi connectivity index (χ1n) is 6.16. The van der Waals surface area contributed by atoms with Gasteiger partial charge in [-0.1, -0.05) is 58.9 Å². The number of aryl methyl sites for hydroxylation is 1. The first kappa shape index (κ1) is 13.0. The van der Waals surface area contributed by atoms with Crippen LogP contribution in [0.3, 0.4) is 0 Å². The highest BCUT2D eigenvalue weighted by molar-refractivity contribution is 5.40. The fourth-order valence-electron chi connectivity index (χ4n) is 2.02. The molecule has 0 heterocycles. The second-order valence-corrected chi connectivity index (χ2v) is 5.55. The Hall–Kier alpha value is -1.04. The number of hydrogen-bond acceptors (Lipinski definition) is 0. The van der Waals surface area contributed by atoms with Gasteiger partial charge >= 0.3 is 0 Å². The molecule has 16 heavy (non-hydrogen) atoms. The summed E-state index contributed by atoms with van der Waals surface area (Å²) in [5, 5.41) is 0. The van der Waals surface area contributed by atoms with Crippen LogP contribution >= 0.6 is 0 Å². The molecule has 0 saturated carbocycles. The monoisotopic (exact) mass is 216 g/mol. The summed E-state index contributed by atoms with van der Waals surface area (Å²) in [5.41, 5.74) is 4.49. The smallest absolute Gasteiger partial charge is 0.00101 e. The van der Waals surface area contributed by atoms with E-state index in [-0.39, 0.29) is 5.41 Å². The van der Waals surface area contributed by atoms with E-state index in [0.29, 0.717) is 5.92 Å². The third-order valence-electron chi connectivity index (χ3n) is 3.18. The molecule has 1 atom stereocenters. The Bertz CT molecular complexity index is 366. The van der Waals surface area contributed by atoms with Crippen LogP contribution < -0.4 is 0 Å². The van der Waals surface area contributed by atoms with Crippen LogP contribution in [0.25, 0.3) is 0 Å². The summed E-state index contributed by atoms with van der Waals surface area (Å²) in [6, 6.07) is 6.88. The minimum absolute atomic E-state index is 0.207. The average Bonchev–Trinajstić information content (AvgIpc) is 2.25. The molecule has 0 aliphatic rings. The number of benzene rings is 1. The van der Waals surface area contributed by atoms with Gasteiger partial charge in [0, 0.05) is 0 Å². The summed E-state index contributed by atoms with van der Waals surface area (Å²) in [7, 11) is 0. The second-order valence-electron chi connectivity index (χ2n) is 5.55. The van der Waals surface area contributed by atoms with Gasteiger partial charge in [-0.05, 0) is 34.4 Å². The molecule has 0 heteroatoms. The van der Waals surface area contributed by atoms with Crippen LogP contribution in [-0.4, -0.2) is 0 Å². The van der Waals surface area contributed by atoms with E-state index in [0.717, 1.165) is 6.42 Å². The van der Waals surface area contributed by atoms with Crippen molar-refractivity contribution in [1.29, 1.82) is 0 Å². The zero-order chi connectivity index (χ0) is 12.3. The van der Waals surface area contributed by atoms with Gasteiger partial charge in [-0.3, -0.25) is 0 Å². The minimum Gasteiger partial charge on any atom is -0.102 e. The van der Waals surface area contributed by atoms with Gasteiger partial charge in [0.25, 0.3) is 0 Å². The Morgan fingerprint density at radius 1 is 1.31 bits per heavy atom. The van der Waals surface area contributed by atoms with Crippen LogP contribution in [0.4, 0.5) is 0 Å². The minimum atomic E-state index is 0.207. The fourth-order valence-corrected chi connectivity index (χ4v) is 2.02. The van der Waals surface area contributed by atoms with Gasteiger partial charge in [0.2, 0.25) is 0 Å². The van der Waals surface area contributed by atoms with Gasteiger partial charge in [-0.2, -0.15) is 0 Å². The number of rotatable bonds is 3. The second kappa shape index (κ2) is 4.86. The molecule has 0 fully saturated rings. The van der Waals surface area contributed by atoms with Crippen molar-refractivity contribution in [1.82, 2.24) is 0 Å². The van der Waals surface area contributed by atoms with E-state index in [9.17, 15) is 0 Å². The Labute approximate surface area is 100 Å². The average molecular weight is 216 g/mol. The van der Waals surface area contributed by atoms with Crippen molar-refractivity contribution in [2.45, 2.75) is 52.4 Å². The van der Waals surface area contributed by atoms with Gasteiger partial charge in [0.1, 0.15) is 0 Å². The van der Waals surface area contributed by atoms with Crippen molar-refractivity contribution < 1.29 is 0 Å². The molecule has 0 radical (unpaired) electrons. The first-order valence-corrected chi connectivity index (χ1v) is 6.16. The van der Waals surface area contributed by atoms with Gasteiger partial charge in [-0.25, -0.2) is 0 Å². The number of hydrogen-bond donors (Lipinski definition) is 0.